The molecule has 42 heavy (non-hydrogen) atoms. The van der Waals surface area contributed by atoms with E-state index in [2.05, 4.69) is 93.4 Å². The molecule has 5 N–H and O–H groups in total. The Morgan fingerprint density at radius 3 is 1.19 bits per heavy atom. The van der Waals surface area contributed by atoms with Crippen LogP contribution >= 0.6 is 0 Å². The van der Waals surface area contributed by atoms with Gasteiger partial charge in [0, 0.05) is 96.2 Å². The van der Waals surface area contributed by atoms with Crippen molar-refractivity contribution in [2.75, 3.05) is 125 Å². The van der Waals surface area contributed by atoms with E-state index in [0.717, 1.165) is 111 Å². The molecule has 0 unspecified atom stereocenters. The van der Waals surface area contributed by atoms with E-state index in [-0.39, 0.29) is 17.7 Å². The Labute approximate surface area is 260 Å². The van der Waals surface area contributed by atoms with Gasteiger partial charge in [0.2, 0.25) is 0 Å². The smallest absolute Gasteiger partial charge is 0.0698 e. The minimum Gasteiger partial charge on any atom is -0.394 e. The third-order valence-electron chi connectivity index (χ3n) is 6.87. The Morgan fingerprint density at radius 2 is 0.833 bits per heavy atom. The minimum absolute atomic E-state index is 0.0749. The third-order valence-corrected chi connectivity index (χ3v) is 6.87. The molecule has 0 saturated carbocycles. The van der Waals surface area contributed by atoms with E-state index in [0.29, 0.717) is 18.6 Å². The van der Waals surface area contributed by atoms with Crippen molar-refractivity contribution in [3.63, 3.8) is 0 Å². The van der Waals surface area contributed by atoms with Crippen LogP contribution in [-0.2, 0) is 14.2 Å². The molecule has 254 valence electrons. The summed E-state index contributed by atoms with van der Waals surface area (Å²) in [4.78, 5) is 5.02. The molecule has 0 radical (unpaired) electrons. The van der Waals surface area contributed by atoms with Crippen LogP contribution in [0.2, 0.25) is 0 Å². The number of hydrogen-bond acceptors (Lipinski definition) is 10. The fraction of sp³-hybridized carbons (Fsp3) is 1.00. The summed E-state index contributed by atoms with van der Waals surface area (Å²) < 4.78 is 16.9. The van der Waals surface area contributed by atoms with Crippen molar-refractivity contribution in [3.05, 3.63) is 0 Å². The Balaban J connectivity index is 4.04. The van der Waals surface area contributed by atoms with Crippen LogP contribution in [0, 0.1) is 5.41 Å². The number of ether oxygens (including phenoxy) is 3. The molecular weight excluding hydrogens is 532 g/mol. The van der Waals surface area contributed by atoms with Gasteiger partial charge in [-0.15, -0.1) is 0 Å². The zero-order chi connectivity index (χ0) is 31.7. The van der Waals surface area contributed by atoms with Gasteiger partial charge in [-0.1, -0.05) is 20.8 Å². The van der Waals surface area contributed by atoms with E-state index in [1.165, 1.54) is 0 Å². The van der Waals surface area contributed by atoms with E-state index >= 15 is 0 Å². The van der Waals surface area contributed by atoms with Gasteiger partial charge in [-0.25, -0.2) is 0 Å². The molecule has 0 saturated heterocycles. The lowest BCUT2D eigenvalue weighted by molar-refractivity contribution is 0.0390. The van der Waals surface area contributed by atoms with Crippen molar-refractivity contribution >= 4 is 0 Å². The highest BCUT2D eigenvalue weighted by atomic mass is 16.5. The number of rotatable bonds is 28. The van der Waals surface area contributed by atoms with Crippen molar-refractivity contribution in [1.29, 1.82) is 0 Å². The molecular formula is C32H72N6O4. The summed E-state index contributed by atoms with van der Waals surface area (Å²) in [5, 5.41) is 22.8. The molecule has 0 aromatic rings. The van der Waals surface area contributed by atoms with Crippen molar-refractivity contribution < 1.29 is 19.3 Å². The highest BCUT2D eigenvalue weighted by Crippen LogP contribution is 2.23. The second kappa shape index (κ2) is 24.9. The van der Waals surface area contributed by atoms with Crippen molar-refractivity contribution in [3.8, 4) is 0 Å². The summed E-state index contributed by atoms with van der Waals surface area (Å²) in [6, 6.07) is 0. The van der Waals surface area contributed by atoms with Gasteiger partial charge in [-0.2, -0.15) is 0 Å². The largest absolute Gasteiger partial charge is 0.394 e. The van der Waals surface area contributed by atoms with Crippen LogP contribution in [-0.4, -0.2) is 151 Å². The van der Waals surface area contributed by atoms with Gasteiger partial charge < -0.3 is 40.6 Å². The normalized spacial score (nSPS) is 13.1. The number of hydrogen-bond donors (Lipinski definition) is 5. The summed E-state index contributed by atoms with van der Waals surface area (Å²) in [6.45, 7) is 35.8. The average Bonchev–Trinajstić information content (AvgIpc) is 2.87. The van der Waals surface area contributed by atoms with Crippen molar-refractivity contribution in [2.45, 2.75) is 79.8 Å². The molecule has 0 amide bonds. The van der Waals surface area contributed by atoms with Crippen LogP contribution in [0.3, 0.4) is 0 Å². The van der Waals surface area contributed by atoms with E-state index in [4.69, 9.17) is 19.3 Å². The van der Waals surface area contributed by atoms with E-state index in [1.54, 1.807) is 0 Å². The van der Waals surface area contributed by atoms with E-state index < -0.39 is 0 Å². The topological polar surface area (TPSA) is 103 Å². The zero-order valence-corrected chi connectivity index (χ0v) is 29.2. The van der Waals surface area contributed by atoms with Gasteiger partial charge in [-0.05, 0) is 53.4 Å². The Bertz CT molecular complexity index is 579. The molecule has 0 bridgehead atoms. The fourth-order valence-corrected chi connectivity index (χ4v) is 4.74. The quantitative estimate of drug-likeness (QED) is 0.0853. The SMILES string of the molecule is CC(C)(C)CCOCCNCCN(CCNCCOCCO)CCNCCOCCNCCN(C(C)(C)C)C(C)(C)C. The monoisotopic (exact) mass is 605 g/mol. The van der Waals surface area contributed by atoms with Crippen LogP contribution in [0.1, 0.15) is 68.7 Å². The molecule has 0 fully saturated rings. The molecule has 0 aromatic carbocycles. The van der Waals surface area contributed by atoms with Gasteiger partial charge in [0.15, 0.2) is 0 Å². The molecule has 10 nitrogen and oxygen atoms in total. The van der Waals surface area contributed by atoms with Gasteiger partial charge in [-0.3, -0.25) is 9.80 Å². The number of aliphatic hydroxyl groups is 1. The summed E-state index contributed by atoms with van der Waals surface area (Å²) in [7, 11) is 0. The number of nitrogens with zero attached hydrogens (tertiary/aromatic N) is 2. The maximum atomic E-state index is 8.81. The van der Waals surface area contributed by atoms with E-state index in [9.17, 15) is 0 Å². The molecule has 0 aliphatic heterocycles. The van der Waals surface area contributed by atoms with Crippen LogP contribution < -0.4 is 21.3 Å². The van der Waals surface area contributed by atoms with Crippen LogP contribution in [0.15, 0.2) is 0 Å². The highest BCUT2D eigenvalue weighted by Gasteiger charge is 2.30. The molecule has 0 heterocycles. The number of aliphatic hydroxyl groups excluding tert-OH is 1. The molecule has 0 rings (SSSR count). The second-order valence-corrected chi connectivity index (χ2v) is 14.2. The van der Waals surface area contributed by atoms with Gasteiger partial charge in [0.25, 0.3) is 0 Å². The Kier molecular flexibility index (Phi) is 24.6. The first-order valence-corrected chi connectivity index (χ1v) is 16.4. The first-order chi connectivity index (χ1) is 19.8. The van der Waals surface area contributed by atoms with Gasteiger partial charge in [0.05, 0.1) is 39.6 Å². The summed E-state index contributed by atoms with van der Waals surface area (Å²) in [5.41, 5.74) is 0.632. The molecule has 0 spiro atoms. The predicted octanol–water partition coefficient (Wildman–Crippen LogP) is 2.02. The molecule has 0 aromatic heterocycles. The second-order valence-electron chi connectivity index (χ2n) is 14.2. The van der Waals surface area contributed by atoms with Crippen LogP contribution in [0.5, 0.6) is 0 Å². The Hall–Kier alpha value is -0.400. The van der Waals surface area contributed by atoms with Crippen LogP contribution in [0.25, 0.3) is 0 Å². The van der Waals surface area contributed by atoms with Gasteiger partial charge >= 0.3 is 0 Å². The fourth-order valence-electron chi connectivity index (χ4n) is 4.74. The zero-order valence-electron chi connectivity index (χ0n) is 29.2. The predicted molar refractivity (Wildman–Crippen MR) is 178 cm³/mol. The Morgan fingerprint density at radius 1 is 0.476 bits per heavy atom. The third kappa shape index (κ3) is 27.2. The first-order valence-electron chi connectivity index (χ1n) is 16.4. The van der Waals surface area contributed by atoms with Crippen LogP contribution in [0.4, 0.5) is 0 Å². The summed E-state index contributed by atoms with van der Waals surface area (Å²) in [6.07, 6.45) is 1.09. The standard InChI is InChI=1S/C32H72N6O4/c1-30(2,3)10-24-40-25-15-33-11-19-37(21-13-35-18-28-42-29-23-39)20-12-34-16-26-41-27-17-36-14-22-38(31(4,5)6)32(7,8)9/h33-36,39H,10-29H2,1-9H3. The summed E-state index contributed by atoms with van der Waals surface area (Å²) >= 11 is 0. The van der Waals surface area contributed by atoms with Crippen molar-refractivity contribution in [2.24, 2.45) is 5.41 Å². The number of nitrogens with one attached hydrogen (secondary N) is 4. The molecule has 0 aliphatic rings. The molecule has 0 aliphatic carbocycles. The lowest BCUT2D eigenvalue weighted by Crippen LogP contribution is -2.54. The summed E-state index contributed by atoms with van der Waals surface area (Å²) in [5.74, 6) is 0. The van der Waals surface area contributed by atoms with Crippen molar-refractivity contribution in [1.82, 2.24) is 31.1 Å². The maximum absolute atomic E-state index is 8.81. The van der Waals surface area contributed by atoms with E-state index in [1.807, 2.05) is 0 Å². The lowest BCUT2D eigenvalue weighted by atomic mass is 9.93. The molecule has 10 heteroatoms. The lowest BCUT2D eigenvalue weighted by Gasteiger charge is -2.45. The molecule has 0 atom stereocenters. The average molecular weight is 605 g/mol. The first kappa shape index (κ1) is 41.6. The highest BCUT2D eigenvalue weighted by molar-refractivity contribution is 4.87. The maximum Gasteiger partial charge on any atom is 0.0698 e. The minimum atomic E-state index is 0.0749. The van der Waals surface area contributed by atoms with Gasteiger partial charge in [0.1, 0.15) is 0 Å².